The van der Waals surface area contributed by atoms with Gasteiger partial charge in [0.25, 0.3) is 0 Å². The SMILES string of the molecule is C[C@@H]1CN(CCCNC(=O)[C@@H](C)C2CCOCC2)CCCO1. The Morgan fingerprint density at radius 2 is 2.09 bits per heavy atom. The zero-order valence-corrected chi connectivity index (χ0v) is 14.2. The average Bonchev–Trinajstić information content (AvgIpc) is 2.75. The fourth-order valence-corrected chi connectivity index (χ4v) is 3.39. The molecule has 0 radical (unpaired) electrons. The second kappa shape index (κ2) is 9.48. The molecule has 0 aliphatic carbocycles. The maximum absolute atomic E-state index is 12.2. The molecule has 0 aromatic carbocycles. The fraction of sp³-hybridized carbons (Fsp3) is 0.941. The van der Waals surface area contributed by atoms with Crippen LogP contribution in [0.2, 0.25) is 0 Å². The third-order valence-corrected chi connectivity index (χ3v) is 4.87. The molecule has 1 N–H and O–H groups in total. The summed E-state index contributed by atoms with van der Waals surface area (Å²) < 4.78 is 11.0. The summed E-state index contributed by atoms with van der Waals surface area (Å²) in [4.78, 5) is 14.7. The molecule has 2 aliphatic heterocycles. The van der Waals surface area contributed by atoms with E-state index in [9.17, 15) is 4.79 Å². The van der Waals surface area contributed by atoms with Gasteiger partial charge in [0, 0.05) is 45.4 Å². The van der Waals surface area contributed by atoms with E-state index in [1.807, 2.05) is 0 Å². The summed E-state index contributed by atoms with van der Waals surface area (Å²) in [6.07, 6.45) is 4.47. The van der Waals surface area contributed by atoms with Gasteiger partial charge in [-0.2, -0.15) is 0 Å². The van der Waals surface area contributed by atoms with Crippen LogP contribution in [-0.2, 0) is 14.3 Å². The quantitative estimate of drug-likeness (QED) is 0.758. The van der Waals surface area contributed by atoms with Crippen molar-refractivity contribution in [1.82, 2.24) is 10.2 Å². The van der Waals surface area contributed by atoms with Crippen molar-refractivity contribution in [3.05, 3.63) is 0 Å². The number of rotatable bonds is 6. The van der Waals surface area contributed by atoms with Crippen molar-refractivity contribution in [1.29, 1.82) is 0 Å². The van der Waals surface area contributed by atoms with Gasteiger partial charge in [-0.15, -0.1) is 0 Å². The number of nitrogens with one attached hydrogen (secondary N) is 1. The van der Waals surface area contributed by atoms with Crippen LogP contribution in [-0.4, -0.2) is 62.9 Å². The number of ether oxygens (including phenoxy) is 2. The lowest BCUT2D eigenvalue weighted by atomic mass is 9.87. The topological polar surface area (TPSA) is 50.8 Å². The number of hydrogen-bond acceptors (Lipinski definition) is 4. The summed E-state index contributed by atoms with van der Waals surface area (Å²) in [6.45, 7) is 10.6. The molecule has 0 spiro atoms. The summed E-state index contributed by atoms with van der Waals surface area (Å²) in [6, 6.07) is 0. The Kier molecular flexibility index (Phi) is 7.63. The monoisotopic (exact) mass is 312 g/mol. The van der Waals surface area contributed by atoms with Gasteiger partial charge in [-0.1, -0.05) is 6.92 Å². The summed E-state index contributed by atoms with van der Waals surface area (Å²) >= 11 is 0. The molecule has 0 aromatic rings. The minimum Gasteiger partial charge on any atom is -0.381 e. The molecule has 2 fully saturated rings. The van der Waals surface area contributed by atoms with Gasteiger partial charge in [-0.3, -0.25) is 4.79 Å². The van der Waals surface area contributed by atoms with Gasteiger partial charge in [-0.05, 0) is 45.1 Å². The van der Waals surface area contributed by atoms with Gasteiger partial charge < -0.3 is 19.7 Å². The van der Waals surface area contributed by atoms with E-state index >= 15 is 0 Å². The Morgan fingerprint density at radius 3 is 2.86 bits per heavy atom. The van der Waals surface area contributed by atoms with Crippen molar-refractivity contribution in [2.24, 2.45) is 11.8 Å². The molecule has 2 aliphatic rings. The summed E-state index contributed by atoms with van der Waals surface area (Å²) in [5, 5.41) is 3.11. The Morgan fingerprint density at radius 1 is 1.32 bits per heavy atom. The third kappa shape index (κ3) is 5.86. The van der Waals surface area contributed by atoms with E-state index in [0.29, 0.717) is 12.0 Å². The van der Waals surface area contributed by atoms with Crippen molar-refractivity contribution < 1.29 is 14.3 Å². The lowest BCUT2D eigenvalue weighted by molar-refractivity contribution is -0.127. The van der Waals surface area contributed by atoms with Crippen molar-refractivity contribution in [3.63, 3.8) is 0 Å². The van der Waals surface area contributed by atoms with Gasteiger partial charge in [0.2, 0.25) is 5.91 Å². The Balaban J connectivity index is 1.60. The van der Waals surface area contributed by atoms with Crippen LogP contribution in [0.1, 0.15) is 39.5 Å². The van der Waals surface area contributed by atoms with Gasteiger partial charge in [0.1, 0.15) is 0 Å². The highest BCUT2D eigenvalue weighted by Gasteiger charge is 2.25. The molecule has 2 rings (SSSR count). The molecular formula is C17H32N2O3. The smallest absolute Gasteiger partial charge is 0.223 e. The van der Waals surface area contributed by atoms with Gasteiger partial charge in [-0.25, -0.2) is 0 Å². The zero-order valence-electron chi connectivity index (χ0n) is 14.2. The Hall–Kier alpha value is -0.650. The Bertz CT molecular complexity index is 332. The third-order valence-electron chi connectivity index (χ3n) is 4.87. The number of amides is 1. The molecule has 2 atom stereocenters. The number of carbonyl (C=O) groups is 1. The average molecular weight is 312 g/mol. The molecule has 128 valence electrons. The molecule has 0 saturated carbocycles. The molecule has 1 amide bonds. The van der Waals surface area contributed by atoms with E-state index in [-0.39, 0.29) is 11.8 Å². The van der Waals surface area contributed by atoms with Crippen LogP contribution in [0.15, 0.2) is 0 Å². The molecule has 2 heterocycles. The van der Waals surface area contributed by atoms with Crippen LogP contribution in [0.3, 0.4) is 0 Å². The molecule has 0 aromatic heterocycles. The maximum atomic E-state index is 12.2. The first kappa shape index (κ1) is 17.7. The second-order valence-electron chi connectivity index (χ2n) is 6.72. The highest BCUT2D eigenvalue weighted by molar-refractivity contribution is 5.78. The van der Waals surface area contributed by atoms with Crippen molar-refractivity contribution >= 4 is 5.91 Å². The lowest BCUT2D eigenvalue weighted by Crippen LogP contribution is -2.37. The molecule has 22 heavy (non-hydrogen) atoms. The van der Waals surface area contributed by atoms with Gasteiger partial charge in [0.05, 0.1) is 6.10 Å². The minimum atomic E-state index is 0.107. The molecule has 5 nitrogen and oxygen atoms in total. The molecule has 0 bridgehead atoms. The van der Waals surface area contributed by atoms with Crippen LogP contribution >= 0.6 is 0 Å². The number of nitrogens with zero attached hydrogens (tertiary/aromatic N) is 1. The maximum Gasteiger partial charge on any atom is 0.223 e. The first-order valence-corrected chi connectivity index (χ1v) is 8.86. The van der Waals surface area contributed by atoms with Crippen molar-refractivity contribution in [3.8, 4) is 0 Å². The van der Waals surface area contributed by atoms with Crippen LogP contribution in [0, 0.1) is 11.8 Å². The highest BCUT2D eigenvalue weighted by Crippen LogP contribution is 2.23. The molecule has 2 saturated heterocycles. The highest BCUT2D eigenvalue weighted by atomic mass is 16.5. The van der Waals surface area contributed by atoms with Crippen LogP contribution in [0.4, 0.5) is 0 Å². The molecule has 0 unspecified atom stereocenters. The van der Waals surface area contributed by atoms with E-state index < -0.39 is 0 Å². The lowest BCUT2D eigenvalue weighted by Gasteiger charge is -2.27. The number of hydrogen-bond donors (Lipinski definition) is 1. The van der Waals surface area contributed by atoms with Crippen molar-refractivity contribution in [2.75, 3.05) is 46.0 Å². The van der Waals surface area contributed by atoms with Crippen molar-refractivity contribution in [2.45, 2.75) is 45.6 Å². The summed E-state index contributed by atoms with van der Waals surface area (Å²) in [7, 11) is 0. The van der Waals surface area contributed by atoms with E-state index in [1.54, 1.807) is 0 Å². The Labute approximate surface area is 134 Å². The van der Waals surface area contributed by atoms with Crippen LogP contribution < -0.4 is 5.32 Å². The normalized spacial score (nSPS) is 26.4. The summed E-state index contributed by atoms with van der Waals surface area (Å²) in [5.41, 5.74) is 0. The van der Waals surface area contributed by atoms with Gasteiger partial charge >= 0.3 is 0 Å². The summed E-state index contributed by atoms with van der Waals surface area (Å²) in [5.74, 6) is 0.798. The number of carbonyl (C=O) groups excluding carboxylic acids is 1. The van der Waals surface area contributed by atoms with Crippen LogP contribution in [0.5, 0.6) is 0 Å². The first-order valence-electron chi connectivity index (χ1n) is 8.86. The van der Waals surface area contributed by atoms with Crippen LogP contribution in [0.25, 0.3) is 0 Å². The second-order valence-corrected chi connectivity index (χ2v) is 6.72. The minimum absolute atomic E-state index is 0.107. The van der Waals surface area contributed by atoms with E-state index in [4.69, 9.17) is 9.47 Å². The predicted molar refractivity (Wildman–Crippen MR) is 86.8 cm³/mol. The van der Waals surface area contributed by atoms with E-state index in [1.165, 1.54) is 0 Å². The van der Waals surface area contributed by atoms with E-state index in [0.717, 1.165) is 71.7 Å². The van der Waals surface area contributed by atoms with Gasteiger partial charge in [0.15, 0.2) is 0 Å². The molecular weight excluding hydrogens is 280 g/mol. The standard InChI is InChI=1S/C17H32N2O3/c1-14-13-19(9-4-10-22-14)8-3-7-18-17(20)15(2)16-5-11-21-12-6-16/h14-16H,3-13H2,1-2H3,(H,18,20)/t14-,15+/m1/s1. The fourth-order valence-electron chi connectivity index (χ4n) is 3.39. The van der Waals surface area contributed by atoms with E-state index in [2.05, 4.69) is 24.1 Å². The largest absolute Gasteiger partial charge is 0.381 e. The molecule has 5 heteroatoms. The predicted octanol–water partition coefficient (Wildman–Crippen LogP) is 1.67. The zero-order chi connectivity index (χ0) is 15.8. The first-order chi connectivity index (χ1) is 10.7.